The van der Waals surface area contributed by atoms with Crippen molar-refractivity contribution in [2.45, 2.75) is 0 Å². The monoisotopic (exact) mass is 230 g/mol. The third kappa shape index (κ3) is 2.33. The highest BCUT2D eigenvalue weighted by Gasteiger charge is 2.17. The lowest BCUT2D eigenvalue weighted by Gasteiger charge is -2.10. The molecule has 1 rings (SSSR count). The Labute approximate surface area is 92.4 Å². The summed E-state index contributed by atoms with van der Waals surface area (Å²) in [6, 6.07) is 2.85. The van der Waals surface area contributed by atoms with Crippen molar-refractivity contribution in [3.05, 3.63) is 17.7 Å². The van der Waals surface area contributed by atoms with Crippen LogP contribution in [0.25, 0.3) is 0 Å². The van der Waals surface area contributed by atoms with Gasteiger partial charge in [-0.05, 0) is 0 Å². The number of rotatable bonds is 4. The zero-order valence-corrected chi connectivity index (χ0v) is 9.17. The molecule has 0 unspecified atom stereocenters. The van der Waals surface area contributed by atoms with Gasteiger partial charge in [-0.25, -0.2) is 0 Å². The smallest absolute Gasteiger partial charge is 0.185 e. The number of aromatic hydroxyl groups is 1. The Balaban J connectivity index is 3.30. The second-order valence-electron chi connectivity index (χ2n) is 2.78. The van der Waals surface area contributed by atoms with Crippen molar-refractivity contribution in [1.29, 1.82) is 0 Å². The average Bonchev–Trinajstić information content (AvgIpc) is 2.26. The molecule has 4 nitrogen and oxygen atoms in total. The summed E-state index contributed by atoms with van der Waals surface area (Å²) in [4.78, 5) is 11.4. The van der Waals surface area contributed by atoms with Crippen LogP contribution in [0.2, 0.25) is 0 Å². The molecule has 0 bridgehead atoms. The maximum atomic E-state index is 11.4. The fourth-order valence-electron chi connectivity index (χ4n) is 1.20. The number of alkyl halides is 1. The van der Waals surface area contributed by atoms with Gasteiger partial charge in [0.2, 0.25) is 0 Å². The fraction of sp³-hybridized carbons (Fsp3) is 0.300. The highest BCUT2D eigenvalue weighted by Crippen LogP contribution is 2.33. The summed E-state index contributed by atoms with van der Waals surface area (Å²) < 4.78 is 9.89. The second kappa shape index (κ2) is 4.89. The predicted molar refractivity (Wildman–Crippen MR) is 56.3 cm³/mol. The largest absolute Gasteiger partial charge is 0.507 e. The van der Waals surface area contributed by atoms with E-state index in [4.69, 9.17) is 21.1 Å². The number of hydrogen-bond donors (Lipinski definition) is 1. The number of phenolic OH excluding ortho intramolecular Hbond substituents is 1. The zero-order valence-electron chi connectivity index (χ0n) is 8.41. The molecule has 15 heavy (non-hydrogen) atoms. The fourth-order valence-corrected chi connectivity index (χ4v) is 1.34. The first-order valence-electron chi connectivity index (χ1n) is 4.18. The Morgan fingerprint density at radius 1 is 1.40 bits per heavy atom. The first kappa shape index (κ1) is 11.7. The number of ketones is 1. The van der Waals surface area contributed by atoms with Gasteiger partial charge in [0.15, 0.2) is 5.78 Å². The molecule has 82 valence electrons. The minimum absolute atomic E-state index is 0.0771. The lowest BCUT2D eigenvalue weighted by atomic mass is 10.1. The first-order valence-corrected chi connectivity index (χ1v) is 4.71. The van der Waals surface area contributed by atoms with Gasteiger partial charge in [-0.1, -0.05) is 0 Å². The van der Waals surface area contributed by atoms with Crippen LogP contribution in [0, 0.1) is 0 Å². The predicted octanol–water partition coefficient (Wildman–Crippen LogP) is 1.83. The van der Waals surface area contributed by atoms with E-state index in [1.165, 1.54) is 26.4 Å². The molecule has 0 saturated carbocycles. The Morgan fingerprint density at radius 2 is 2.07 bits per heavy atom. The summed E-state index contributed by atoms with van der Waals surface area (Å²) in [7, 11) is 2.86. The van der Waals surface area contributed by atoms with Gasteiger partial charge in [-0.3, -0.25) is 4.79 Å². The summed E-state index contributed by atoms with van der Waals surface area (Å²) in [5.41, 5.74) is 0.0771. The molecule has 0 aliphatic rings. The van der Waals surface area contributed by atoms with Crippen LogP contribution in [0.4, 0.5) is 0 Å². The molecule has 0 fully saturated rings. The molecule has 0 aromatic heterocycles. The zero-order chi connectivity index (χ0) is 11.4. The van der Waals surface area contributed by atoms with E-state index in [0.717, 1.165) is 0 Å². The van der Waals surface area contributed by atoms with Gasteiger partial charge >= 0.3 is 0 Å². The van der Waals surface area contributed by atoms with Crippen molar-refractivity contribution in [2.75, 3.05) is 20.1 Å². The second-order valence-corrected chi connectivity index (χ2v) is 3.05. The maximum absolute atomic E-state index is 11.4. The van der Waals surface area contributed by atoms with Crippen LogP contribution in [0.15, 0.2) is 12.1 Å². The Bertz CT molecular complexity index is 376. The summed E-state index contributed by atoms with van der Waals surface area (Å²) in [6.45, 7) is 0. The van der Waals surface area contributed by atoms with Crippen LogP contribution in [0.1, 0.15) is 10.4 Å². The van der Waals surface area contributed by atoms with Crippen molar-refractivity contribution in [3.63, 3.8) is 0 Å². The number of methoxy groups -OCH3 is 2. The molecule has 1 aromatic carbocycles. The van der Waals surface area contributed by atoms with Crippen LogP contribution in [0.5, 0.6) is 17.2 Å². The maximum Gasteiger partial charge on any atom is 0.185 e. The Kier molecular flexibility index (Phi) is 3.80. The molecule has 1 N–H and O–H groups in total. The van der Waals surface area contributed by atoms with E-state index < -0.39 is 5.78 Å². The molecule has 0 atom stereocenters. The van der Waals surface area contributed by atoms with Gasteiger partial charge in [-0.2, -0.15) is 0 Å². The van der Waals surface area contributed by atoms with Gasteiger partial charge in [0, 0.05) is 12.1 Å². The molecule has 0 radical (unpaired) electrons. The van der Waals surface area contributed by atoms with E-state index >= 15 is 0 Å². The number of hydrogen-bond acceptors (Lipinski definition) is 4. The molecule has 1 aromatic rings. The van der Waals surface area contributed by atoms with Crippen LogP contribution in [0.3, 0.4) is 0 Å². The number of ether oxygens (including phenoxy) is 2. The van der Waals surface area contributed by atoms with Crippen molar-refractivity contribution >= 4 is 17.4 Å². The van der Waals surface area contributed by atoms with E-state index in [2.05, 4.69) is 0 Å². The molecular weight excluding hydrogens is 220 g/mol. The van der Waals surface area contributed by atoms with Crippen LogP contribution < -0.4 is 9.47 Å². The van der Waals surface area contributed by atoms with Gasteiger partial charge in [0.05, 0.1) is 20.1 Å². The Morgan fingerprint density at radius 3 is 2.53 bits per heavy atom. The number of carbonyl (C=O) groups is 1. The van der Waals surface area contributed by atoms with Crippen LogP contribution in [-0.2, 0) is 0 Å². The van der Waals surface area contributed by atoms with Crippen molar-refractivity contribution in [2.24, 2.45) is 0 Å². The van der Waals surface area contributed by atoms with E-state index in [1.54, 1.807) is 0 Å². The first-order chi connectivity index (χ1) is 7.13. The van der Waals surface area contributed by atoms with E-state index in [1.807, 2.05) is 0 Å². The van der Waals surface area contributed by atoms with Gasteiger partial charge in [-0.15, -0.1) is 11.6 Å². The molecule has 5 heteroatoms. The Hall–Kier alpha value is -1.42. The van der Waals surface area contributed by atoms with Gasteiger partial charge in [0.1, 0.15) is 22.8 Å². The highest BCUT2D eigenvalue weighted by molar-refractivity contribution is 6.31. The molecule has 0 spiro atoms. The topological polar surface area (TPSA) is 55.8 Å². The summed E-state index contributed by atoms with van der Waals surface area (Å²) in [5.74, 6) is -0.144. The van der Waals surface area contributed by atoms with E-state index in [9.17, 15) is 9.90 Å². The number of Topliss-reactive ketones (excluding diaryl/α,β-unsaturated/α-hetero) is 1. The molecule has 0 saturated heterocycles. The lowest BCUT2D eigenvalue weighted by molar-refractivity contribution is 0.101. The van der Waals surface area contributed by atoms with Crippen LogP contribution >= 0.6 is 11.6 Å². The van der Waals surface area contributed by atoms with E-state index in [-0.39, 0.29) is 22.9 Å². The minimum atomic E-state index is -0.395. The third-order valence-corrected chi connectivity index (χ3v) is 2.15. The van der Waals surface area contributed by atoms with Gasteiger partial charge in [0.25, 0.3) is 0 Å². The molecular formula is C10H11ClO4. The highest BCUT2D eigenvalue weighted by atomic mass is 35.5. The lowest BCUT2D eigenvalue weighted by Crippen LogP contribution is -2.04. The molecule has 0 heterocycles. The number of carbonyl (C=O) groups excluding carboxylic acids is 1. The van der Waals surface area contributed by atoms with Gasteiger partial charge < -0.3 is 14.6 Å². The number of phenols is 1. The standard InChI is InChI=1S/C10H11ClO4/c1-14-6-3-7(12)10(8(13)5-11)9(4-6)15-2/h3-4,12H,5H2,1-2H3. The van der Waals surface area contributed by atoms with Crippen molar-refractivity contribution in [3.8, 4) is 17.2 Å². The third-order valence-electron chi connectivity index (χ3n) is 1.91. The van der Waals surface area contributed by atoms with Crippen molar-refractivity contribution < 1.29 is 19.4 Å². The normalized spacial score (nSPS) is 9.80. The van der Waals surface area contributed by atoms with Crippen molar-refractivity contribution in [1.82, 2.24) is 0 Å². The quantitative estimate of drug-likeness (QED) is 0.633. The van der Waals surface area contributed by atoms with E-state index in [0.29, 0.717) is 5.75 Å². The molecule has 0 aliphatic carbocycles. The number of benzene rings is 1. The summed E-state index contributed by atoms with van der Waals surface area (Å²) in [5, 5.41) is 9.60. The summed E-state index contributed by atoms with van der Waals surface area (Å²) >= 11 is 5.41. The minimum Gasteiger partial charge on any atom is -0.507 e. The van der Waals surface area contributed by atoms with Crippen LogP contribution in [-0.4, -0.2) is 31.0 Å². The molecule has 0 aliphatic heterocycles. The number of halogens is 1. The molecule has 0 amide bonds. The SMILES string of the molecule is COc1cc(O)c(C(=O)CCl)c(OC)c1. The summed E-state index contributed by atoms with van der Waals surface area (Å²) in [6.07, 6.45) is 0. The average molecular weight is 231 g/mol.